The van der Waals surface area contributed by atoms with E-state index in [4.69, 9.17) is 4.98 Å². The zero-order chi connectivity index (χ0) is 16.9. The molecule has 0 saturated heterocycles. The fraction of sp³-hybridized carbons (Fsp3) is 0.200. The first kappa shape index (κ1) is 15.1. The van der Waals surface area contributed by atoms with E-state index in [-0.39, 0.29) is 5.41 Å². The highest BCUT2D eigenvalue weighted by molar-refractivity contribution is 7.15. The van der Waals surface area contributed by atoms with Crippen molar-refractivity contribution in [3.05, 3.63) is 59.2 Å². The van der Waals surface area contributed by atoms with E-state index in [2.05, 4.69) is 50.4 Å². The number of carbonyl (C=O) groups excluding carboxylic acids is 1. The van der Waals surface area contributed by atoms with E-state index in [1.807, 2.05) is 22.6 Å². The summed E-state index contributed by atoms with van der Waals surface area (Å²) >= 11 is 1.58. The molecule has 0 amide bonds. The number of benzene rings is 2. The number of carbonyl (C=O) groups is 1. The second-order valence-corrected chi connectivity index (χ2v) is 7.85. The first-order chi connectivity index (χ1) is 11.5. The number of fused-ring (bicyclic) bond motifs is 2. The van der Waals surface area contributed by atoms with Crippen LogP contribution in [0.5, 0.6) is 0 Å². The van der Waals surface area contributed by atoms with Crippen molar-refractivity contribution in [1.82, 2.24) is 9.38 Å². The Morgan fingerprint density at radius 1 is 1.08 bits per heavy atom. The van der Waals surface area contributed by atoms with Crippen LogP contribution in [0, 0.1) is 0 Å². The summed E-state index contributed by atoms with van der Waals surface area (Å²) < 4.78 is 2.00. The lowest BCUT2D eigenvalue weighted by Gasteiger charge is -2.17. The fourth-order valence-corrected chi connectivity index (χ4v) is 4.18. The number of imidazole rings is 1. The van der Waals surface area contributed by atoms with Crippen LogP contribution in [0.4, 0.5) is 0 Å². The van der Waals surface area contributed by atoms with Gasteiger partial charge in [-0.15, -0.1) is 11.3 Å². The van der Waals surface area contributed by atoms with Gasteiger partial charge in [-0.05, 0) is 16.8 Å². The summed E-state index contributed by atoms with van der Waals surface area (Å²) in [7, 11) is 0. The molecule has 0 aliphatic carbocycles. The topological polar surface area (TPSA) is 34.4 Å². The third kappa shape index (κ3) is 2.26. The number of aromatic nitrogens is 2. The maximum atomic E-state index is 11.9. The van der Waals surface area contributed by atoms with Gasteiger partial charge in [0, 0.05) is 22.1 Å². The molecule has 0 spiro atoms. The van der Waals surface area contributed by atoms with Crippen LogP contribution in [0.3, 0.4) is 0 Å². The zero-order valence-electron chi connectivity index (χ0n) is 13.9. The molecule has 24 heavy (non-hydrogen) atoms. The summed E-state index contributed by atoms with van der Waals surface area (Å²) in [6.45, 7) is 6.45. The molecular weight excluding hydrogens is 316 g/mol. The third-order valence-electron chi connectivity index (χ3n) is 4.30. The van der Waals surface area contributed by atoms with Gasteiger partial charge in [0.15, 0.2) is 11.2 Å². The lowest BCUT2D eigenvalue weighted by Crippen LogP contribution is -2.15. The third-order valence-corrected chi connectivity index (χ3v) is 5.13. The predicted molar refractivity (Wildman–Crippen MR) is 100 cm³/mol. The molecule has 0 radical (unpaired) electrons. The van der Waals surface area contributed by atoms with Crippen molar-refractivity contribution in [2.45, 2.75) is 26.2 Å². The van der Waals surface area contributed by atoms with E-state index in [0.717, 1.165) is 33.6 Å². The summed E-state index contributed by atoms with van der Waals surface area (Å²) in [6.07, 6.45) is 0.923. The Labute approximate surface area is 144 Å². The minimum absolute atomic E-state index is 0.0443. The van der Waals surface area contributed by atoms with Crippen LogP contribution in [0.25, 0.3) is 27.0 Å². The van der Waals surface area contributed by atoms with Gasteiger partial charge >= 0.3 is 0 Å². The Balaban J connectivity index is 1.99. The van der Waals surface area contributed by atoms with Crippen LogP contribution in [0.1, 0.15) is 37.0 Å². The normalized spacial score (nSPS) is 12.1. The molecule has 0 atom stereocenters. The van der Waals surface area contributed by atoms with Crippen molar-refractivity contribution in [3.63, 3.8) is 0 Å². The first-order valence-corrected chi connectivity index (χ1v) is 8.82. The van der Waals surface area contributed by atoms with Gasteiger partial charge in [0.05, 0.1) is 0 Å². The van der Waals surface area contributed by atoms with Crippen LogP contribution in [0.2, 0.25) is 0 Å². The molecule has 0 saturated carbocycles. The number of rotatable bonds is 2. The summed E-state index contributed by atoms with van der Waals surface area (Å²) in [6, 6.07) is 14.4. The van der Waals surface area contributed by atoms with Gasteiger partial charge in [-0.25, -0.2) is 4.98 Å². The Bertz CT molecular complexity index is 1070. The summed E-state index contributed by atoms with van der Waals surface area (Å²) in [5, 5.41) is 4.43. The molecule has 0 fully saturated rings. The zero-order valence-corrected chi connectivity index (χ0v) is 14.7. The second-order valence-electron chi connectivity index (χ2n) is 7.01. The standard InChI is InChI=1S/C20H18N2OS/c1-20(2,3)17-12-24-19-21-18(16(11-23)22(17)19)15-9-8-13-6-4-5-7-14(13)10-15/h4-12H,1-3H3. The van der Waals surface area contributed by atoms with E-state index in [0.29, 0.717) is 5.69 Å². The van der Waals surface area contributed by atoms with Gasteiger partial charge in [-0.2, -0.15) is 0 Å². The summed E-state index contributed by atoms with van der Waals surface area (Å²) in [5.41, 5.74) is 3.44. The van der Waals surface area contributed by atoms with Crippen molar-refractivity contribution in [2.24, 2.45) is 0 Å². The maximum absolute atomic E-state index is 11.9. The van der Waals surface area contributed by atoms with Crippen molar-refractivity contribution in [2.75, 3.05) is 0 Å². The highest BCUT2D eigenvalue weighted by Crippen LogP contribution is 2.33. The Kier molecular flexibility index (Phi) is 3.32. The SMILES string of the molecule is CC(C)(C)c1csc2nc(-c3ccc4ccccc4c3)c(C=O)n12. The van der Waals surface area contributed by atoms with Crippen molar-refractivity contribution in [3.8, 4) is 11.3 Å². The van der Waals surface area contributed by atoms with Crippen molar-refractivity contribution < 1.29 is 4.79 Å². The summed E-state index contributed by atoms with van der Waals surface area (Å²) in [5.74, 6) is 0. The number of hydrogen-bond acceptors (Lipinski definition) is 3. The van der Waals surface area contributed by atoms with Crippen molar-refractivity contribution >= 4 is 33.4 Å². The minimum atomic E-state index is -0.0443. The molecule has 2 aromatic heterocycles. The molecule has 3 nitrogen and oxygen atoms in total. The van der Waals surface area contributed by atoms with E-state index in [9.17, 15) is 4.79 Å². The van der Waals surface area contributed by atoms with Crippen LogP contribution in [0.15, 0.2) is 47.8 Å². The largest absolute Gasteiger partial charge is 0.296 e. The number of hydrogen-bond donors (Lipinski definition) is 0. The van der Waals surface area contributed by atoms with E-state index < -0.39 is 0 Å². The molecular formula is C20H18N2OS. The molecule has 0 N–H and O–H groups in total. The lowest BCUT2D eigenvalue weighted by molar-refractivity contribution is 0.111. The number of thiazole rings is 1. The lowest BCUT2D eigenvalue weighted by atomic mass is 9.93. The quantitative estimate of drug-likeness (QED) is 0.465. The van der Waals surface area contributed by atoms with E-state index in [1.165, 1.54) is 5.39 Å². The van der Waals surface area contributed by atoms with Gasteiger partial charge in [-0.3, -0.25) is 9.20 Å². The van der Waals surface area contributed by atoms with Crippen LogP contribution in [-0.4, -0.2) is 15.7 Å². The van der Waals surface area contributed by atoms with E-state index >= 15 is 0 Å². The average Bonchev–Trinajstić information content (AvgIpc) is 3.12. The van der Waals surface area contributed by atoms with Crippen molar-refractivity contribution in [1.29, 1.82) is 0 Å². The number of nitrogens with zero attached hydrogens (tertiary/aromatic N) is 2. The van der Waals surface area contributed by atoms with Crippen LogP contribution >= 0.6 is 11.3 Å². The van der Waals surface area contributed by atoms with E-state index in [1.54, 1.807) is 11.3 Å². The highest BCUT2D eigenvalue weighted by atomic mass is 32.1. The van der Waals surface area contributed by atoms with Gasteiger partial charge in [0.25, 0.3) is 0 Å². The van der Waals surface area contributed by atoms with Gasteiger partial charge in [0.2, 0.25) is 0 Å². The summed E-state index contributed by atoms with van der Waals surface area (Å²) in [4.78, 5) is 17.5. The fourth-order valence-electron chi connectivity index (χ4n) is 3.05. The highest BCUT2D eigenvalue weighted by Gasteiger charge is 2.24. The van der Waals surface area contributed by atoms with Gasteiger partial charge in [-0.1, -0.05) is 57.2 Å². The Morgan fingerprint density at radius 2 is 1.83 bits per heavy atom. The minimum Gasteiger partial charge on any atom is -0.296 e. The van der Waals surface area contributed by atoms with Gasteiger partial charge < -0.3 is 0 Å². The molecule has 120 valence electrons. The monoisotopic (exact) mass is 334 g/mol. The molecule has 2 heterocycles. The molecule has 4 heteroatoms. The first-order valence-electron chi connectivity index (χ1n) is 7.94. The maximum Gasteiger partial charge on any atom is 0.195 e. The molecule has 0 bridgehead atoms. The second kappa shape index (κ2) is 5.28. The number of aldehydes is 1. The molecule has 0 aliphatic rings. The van der Waals surface area contributed by atoms with Crippen LogP contribution < -0.4 is 0 Å². The average molecular weight is 334 g/mol. The molecule has 4 rings (SSSR count). The van der Waals surface area contributed by atoms with Crippen LogP contribution in [-0.2, 0) is 5.41 Å². The Hall–Kier alpha value is -2.46. The van der Waals surface area contributed by atoms with Gasteiger partial charge in [0.1, 0.15) is 11.4 Å². The molecule has 0 unspecified atom stereocenters. The molecule has 2 aromatic carbocycles. The molecule has 0 aliphatic heterocycles. The Morgan fingerprint density at radius 3 is 2.54 bits per heavy atom. The predicted octanol–water partition coefficient (Wildman–Crippen LogP) is 5.33. The smallest absolute Gasteiger partial charge is 0.195 e. The molecule has 4 aromatic rings.